The fourth-order valence-corrected chi connectivity index (χ4v) is 2.63. The molecule has 0 bridgehead atoms. The van der Waals surface area contributed by atoms with Gasteiger partial charge in [-0.3, -0.25) is 0 Å². The first-order chi connectivity index (χ1) is 9.70. The smallest absolute Gasteiger partial charge is 0.133 e. The Morgan fingerprint density at radius 1 is 1.45 bits per heavy atom. The number of nitrogens with zero attached hydrogens (tertiary/aromatic N) is 2. The van der Waals surface area contributed by atoms with Crippen LogP contribution in [-0.2, 0) is 6.54 Å². The average molecular weight is 338 g/mol. The van der Waals surface area contributed by atoms with Crippen LogP contribution in [0.4, 0.5) is 0 Å². The summed E-state index contributed by atoms with van der Waals surface area (Å²) >= 11 is 3.52. The molecule has 0 aliphatic carbocycles. The zero-order valence-corrected chi connectivity index (χ0v) is 13.4. The van der Waals surface area contributed by atoms with E-state index in [2.05, 4.69) is 49.9 Å². The molecule has 0 radical (unpaired) electrons. The lowest BCUT2D eigenvalue weighted by Crippen LogP contribution is -2.20. The van der Waals surface area contributed by atoms with Crippen LogP contribution in [0.3, 0.4) is 0 Å². The molecule has 20 heavy (non-hydrogen) atoms. The van der Waals surface area contributed by atoms with E-state index in [1.54, 1.807) is 7.11 Å². The first-order valence-corrected chi connectivity index (χ1v) is 7.52. The minimum atomic E-state index is 0.319. The molecule has 1 heterocycles. The number of ether oxygens (including phenoxy) is 1. The van der Waals surface area contributed by atoms with Gasteiger partial charge in [-0.25, -0.2) is 4.98 Å². The van der Waals surface area contributed by atoms with Crippen LogP contribution >= 0.6 is 15.9 Å². The highest BCUT2D eigenvalue weighted by molar-refractivity contribution is 9.10. The monoisotopic (exact) mass is 337 g/mol. The molecule has 0 spiro atoms. The van der Waals surface area contributed by atoms with Crippen LogP contribution in [0.15, 0.2) is 41.4 Å². The standard InChI is InChI=1S/C15H20BrN3O/c1-12(13-4-5-15(20-2)14(16)10-13)18-6-3-8-19-9-7-17-11-19/h4-5,7,9-12,18H,3,6,8H2,1-2H3. The summed E-state index contributed by atoms with van der Waals surface area (Å²) in [5, 5.41) is 3.53. The molecule has 5 heteroatoms. The van der Waals surface area contributed by atoms with Gasteiger partial charge in [-0.1, -0.05) is 6.07 Å². The summed E-state index contributed by atoms with van der Waals surface area (Å²) < 4.78 is 8.33. The molecule has 1 unspecified atom stereocenters. The number of benzene rings is 1. The van der Waals surface area contributed by atoms with Gasteiger partial charge in [0.15, 0.2) is 0 Å². The normalized spacial score (nSPS) is 12.3. The highest BCUT2D eigenvalue weighted by atomic mass is 79.9. The first-order valence-electron chi connectivity index (χ1n) is 6.73. The first kappa shape index (κ1) is 15.1. The van der Waals surface area contributed by atoms with Gasteiger partial charge in [0.25, 0.3) is 0 Å². The third-order valence-corrected chi connectivity index (χ3v) is 3.90. The Balaban J connectivity index is 1.79. The van der Waals surface area contributed by atoms with E-state index in [9.17, 15) is 0 Å². The molecule has 0 amide bonds. The van der Waals surface area contributed by atoms with Gasteiger partial charge in [0, 0.05) is 25.0 Å². The lowest BCUT2D eigenvalue weighted by Gasteiger charge is -2.15. The summed E-state index contributed by atoms with van der Waals surface area (Å²) in [5.41, 5.74) is 1.25. The number of aryl methyl sites for hydroxylation is 1. The molecule has 1 aromatic heterocycles. The summed E-state index contributed by atoms with van der Waals surface area (Å²) in [6.45, 7) is 4.14. The highest BCUT2D eigenvalue weighted by Crippen LogP contribution is 2.27. The van der Waals surface area contributed by atoms with Crippen molar-refractivity contribution in [1.82, 2.24) is 14.9 Å². The Hall–Kier alpha value is -1.33. The predicted molar refractivity (Wildman–Crippen MR) is 84.0 cm³/mol. The summed E-state index contributed by atoms with van der Waals surface area (Å²) in [7, 11) is 1.68. The SMILES string of the molecule is COc1ccc(C(C)NCCCn2ccnc2)cc1Br. The van der Waals surface area contributed by atoms with E-state index < -0.39 is 0 Å². The number of hydrogen-bond acceptors (Lipinski definition) is 3. The maximum atomic E-state index is 5.24. The van der Waals surface area contributed by atoms with Crippen LogP contribution in [0.1, 0.15) is 24.9 Å². The van der Waals surface area contributed by atoms with E-state index in [0.29, 0.717) is 6.04 Å². The van der Waals surface area contributed by atoms with Crippen LogP contribution in [0, 0.1) is 0 Å². The third kappa shape index (κ3) is 4.08. The Kier molecular flexibility index (Phi) is 5.61. The van der Waals surface area contributed by atoms with Crippen molar-refractivity contribution in [3.63, 3.8) is 0 Å². The molecule has 0 fully saturated rings. The van der Waals surface area contributed by atoms with Crippen molar-refractivity contribution in [3.8, 4) is 5.75 Å². The van der Waals surface area contributed by atoms with Gasteiger partial charge in [-0.05, 0) is 53.5 Å². The number of methoxy groups -OCH3 is 1. The minimum absolute atomic E-state index is 0.319. The van der Waals surface area contributed by atoms with Crippen LogP contribution in [0.25, 0.3) is 0 Å². The van der Waals surface area contributed by atoms with Crippen molar-refractivity contribution in [2.75, 3.05) is 13.7 Å². The number of aromatic nitrogens is 2. The Bertz CT molecular complexity index is 528. The van der Waals surface area contributed by atoms with E-state index in [0.717, 1.165) is 29.7 Å². The Morgan fingerprint density at radius 2 is 2.30 bits per heavy atom. The van der Waals surface area contributed by atoms with Crippen molar-refractivity contribution >= 4 is 15.9 Å². The molecule has 0 aliphatic rings. The Morgan fingerprint density at radius 3 is 2.95 bits per heavy atom. The maximum absolute atomic E-state index is 5.24. The van der Waals surface area contributed by atoms with E-state index in [4.69, 9.17) is 4.74 Å². The van der Waals surface area contributed by atoms with Gasteiger partial charge >= 0.3 is 0 Å². The molecule has 1 atom stereocenters. The van der Waals surface area contributed by atoms with Crippen molar-refractivity contribution in [3.05, 3.63) is 47.0 Å². The molecule has 4 nitrogen and oxygen atoms in total. The van der Waals surface area contributed by atoms with Crippen molar-refractivity contribution in [1.29, 1.82) is 0 Å². The van der Waals surface area contributed by atoms with Gasteiger partial charge in [-0.2, -0.15) is 0 Å². The molecular formula is C15H20BrN3O. The number of imidazole rings is 1. The summed E-state index contributed by atoms with van der Waals surface area (Å²) in [6.07, 6.45) is 6.73. The number of hydrogen-bond donors (Lipinski definition) is 1. The molecule has 0 aliphatic heterocycles. The lowest BCUT2D eigenvalue weighted by molar-refractivity contribution is 0.411. The quantitative estimate of drug-likeness (QED) is 0.787. The largest absolute Gasteiger partial charge is 0.496 e. The number of rotatable bonds is 7. The van der Waals surface area contributed by atoms with Crippen LogP contribution in [0.2, 0.25) is 0 Å². The second kappa shape index (κ2) is 7.45. The van der Waals surface area contributed by atoms with Crippen LogP contribution in [0.5, 0.6) is 5.75 Å². The van der Waals surface area contributed by atoms with Crippen LogP contribution < -0.4 is 10.1 Å². The van der Waals surface area contributed by atoms with Gasteiger partial charge in [0.05, 0.1) is 17.9 Å². The van der Waals surface area contributed by atoms with E-state index in [1.807, 2.05) is 24.8 Å². The van der Waals surface area contributed by atoms with Gasteiger partial charge in [0.1, 0.15) is 5.75 Å². The second-order valence-electron chi connectivity index (χ2n) is 4.72. The predicted octanol–water partition coefficient (Wildman–Crippen LogP) is 3.40. The third-order valence-electron chi connectivity index (χ3n) is 3.28. The summed E-state index contributed by atoms with van der Waals surface area (Å²) in [6, 6.07) is 6.51. The van der Waals surface area contributed by atoms with Crippen LogP contribution in [-0.4, -0.2) is 23.2 Å². The molecule has 108 valence electrons. The zero-order valence-electron chi connectivity index (χ0n) is 11.8. The molecule has 2 aromatic rings. The average Bonchev–Trinajstić information content (AvgIpc) is 2.96. The maximum Gasteiger partial charge on any atom is 0.133 e. The highest BCUT2D eigenvalue weighted by Gasteiger charge is 2.07. The Labute approximate surface area is 128 Å². The van der Waals surface area contributed by atoms with Gasteiger partial charge in [0.2, 0.25) is 0 Å². The van der Waals surface area contributed by atoms with Crippen molar-refractivity contribution in [2.45, 2.75) is 25.9 Å². The lowest BCUT2D eigenvalue weighted by atomic mass is 10.1. The molecule has 1 N–H and O–H groups in total. The topological polar surface area (TPSA) is 39.1 Å². The fraction of sp³-hybridized carbons (Fsp3) is 0.400. The van der Waals surface area contributed by atoms with E-state index in [-0.39, 0.29) is 0 Å². The molecule has 0 saturated carbocycles. The summed E-state index contributed by atoms with van der Waals surface area (Å²) in [4.78, 5) is 4.04. The van der Waals surface area contributed by atoms with Gasteiger partial charge < -0.3 is 14.6 Å². The molecular weight excluding hydrogens is 318 g/mol. The van der Waals surface area contributed by atoms with E-state index >= 15 is 0 Å². The molecule has 2 rings (SSSR count). The zero-order chi connectivity index (χ0) is 14.4. The molecule has 0 saturated heterocycles. The van der Waals surface area contributed by atoms with E-state index in [1.165, 1.54) is 5.56 Å². The van der Waals surface area contributed by atoms with Crippen molar-refractivity contribution < 1.29 is 4.74 Å². The van der Waals surface area contributed by atoms with Crippen molar-refractivity contribution in [2.24, 2.45) is 0 Å². The second-order valence-corrected chi connectivity index (χ2v) is 5.58. The number of nitrogens with one attached hydrogen (secondary N) is 1. The summed E-state index contributed by atoms with van der Waals surface area (Å²) in [5.74, 6) is 0.862. The molecule has 1 aromatic carbocycles. The van der Waals surface area contributed by atoms with Gasteiger partial charge in [-0.15, -0.1) is 0 Å². The minimum Gasteiger partial charge on any atom is -0.496 e. The fourth-order valence-electron chi connectivity index (χ4n) is 2.07. The number of halogens is 1.